The zero-order chi connectivity index (χ0) is 14.0. The third kappa shape index (κ3) is 1.99. The molecular weight excluding hydrogens is 258 g/mol. The molecule has 0 aromatic carbocycles. The third-order valence-corrected chi connectivity index (χ3v) is 6.34. The molecule has 0 spiro atoms. The van der Waals surface area contributed by atoms with Gasteiger partial charge in [-0.2, -0.15) is 0 Å². The molecule has 108 valence electrons. The number of hydrogen-bond acceptors (Lipinski definition) is 2. The minimum Gasteiger partial charge on any atom is -0.404 e. The van der Waals surface area contributed by atoms with Crippen LogP contribution in [0.5, 0.6) is 0 Å². The molecule has 0 aromatic rings. The highest BCUT2D eigenvalue weighted by Gasteiger charge is 2.68. The van der Waals surface area contributed by atoms with Gasteiger partial charge in [-0.1, -0.05) is 27.7 Å². The fourth-order valence-corrected chi connectivity index (χ4v) is 5.08. The molecule has 19 heavy (non-hydrogen) atoms. The summed E-state index contributed by atoms with van der Waals surface area (Å²) < 4.78 is 12.5. The minimum absolute atomic E-state index is 0.0252. The molecule has 1 heterocycles. The molecule has 4 unspecified atom stereocenters. The lowest BCUT2D eigenvalue weighted by Gasteiger charge is -2.64. The molecule has 0 N–H and O–H groups in total. The minimum atomic E-state index is -0.214. The van der Waals surface area contributed by atoms with Gasteiger partial charge in [0.2, 0.25) is 0 Å². The van der Waals surface area contributed by atoms with Crippen molar-refractivity contribution < 1.29 is 9.31 Å². The SMILES string of the molecule is CC(C)CC(Cl)B1OC2CC3CC(C3(C)C)[C@]2(C)O1. The van der Waals surface area contributed by atoms with Crippen molar-refractivity contribution in [3.8, 4) is 0 Å². The van der Waals surface area contributed by atoms with E-state index in [2.05, 4.69) is 34.6 Å². The van der Waals surface area contributed by atoms with Gasteiger partial charge < -0.3 is 9.31 Å². The van der Waals surface area contributed by atoms with Gasteiger partial charge in [0.1, 0.15) is 0 Å². The second kappa shape index (κ2) is 4.38. The van der Waals surface area contributed by atoms with Crippen molar-refractivity contribution in [2.75, 3.05) is 0 Å². The Balaban J connectivity index is 1.74. The zero-order valence-electron chi connectivity index (χ0n) is 12.8. The van der Waals surface area contributed by atoms with Crippen molar-refractivity contribution in [1.82, 2.24) is 0 Å². The van der Waals surface area contributed by atoms with E-state index in [1.165, 1.54) is 6.42 Å². The number of alkyl halides is 1. The summed E-state index contributed by atoms with van der Waals surface area (Å²) in [6.07, 6.45) is 3.64. The van der Waals surface area contributed by atoms with Gasteiger partial charge in [0.05, 0.1) is 17.0 Å². The molecule has 4 heteroatoms. The molecule has 3 saturated carbocycles. The summed E-state index contributed by atoms with van der Waals surface area (Å²) >= 11 is 6.49. The molecule has 5 atom stereocenters. The average Bonchev–Trinajstić information content (AvgIpc) is 2.64. The maximum atomic E-state index is 6.49. The second-order valence-corrected chi connectivity index (χ2v) is 8.54. The van der Waals surface area contributed by atoms with Crippen molar-refractivity contribution >= 4 is 18.7 Å². The Labute approximate surface area is 122 Å². The predicted molar refractivity (Wildman–Crippen MR) is 79.2 cm³/mol. The lowest BCUT2D eigenvalue weighted by atomic mass is 9.43. The second-order valence-electron chi connectivity index (χ2n) is 7.98. The van der Waals surface area contributed by atoms with Crippen LogP contribution in [0.4, 0.5) is 0 Å². The van der Waals surface area contributed by atoms with Crippen LogP contribution in [0.25, 0.3) is 0 Å². The highest BCUT2D eigenvalue weighted by atomic mass is 35.5. The van der Waals surface area contributed by atoms with Crippen LogP contribution in [0.3, 0.4) is 0 Å². The maximum absolute atomic E-state index is 6.49. The summed E-state index contributed by atoms with van der Waals surface area (Å²) in [5.41, 5.74) is 0.288. The van der Waals surface area contributed by atoms with Crippen molar-refractivity contribution in [1.29, 1.82) is 0 Å². The molecule has 1 saturated heterocycles. The smallest absolute Gasteiger partial charge is 0.404 e. The van der Waals surface area contributed by atoms with Crippen LogP contribution in [0, 0.1) is 23.2 Å². The van der Waals surface area contributed by atoms with Gasteiger partial charge in [0.15, 0.2) is 0 Å². The average molecular weight is 285 g/mol. The first-order chi connectivity index (χ1) is 8.75. The van der Waals surface area contributed by atoms with Crippen LogP contribution >= 0.6 is 11.6 Å². The lowest BCUT2D eigenvalue weighted by Crippen LogP contribution is -2.65. The van der Waals surface area contributed by atoms with Crippen LogP contribution < -0.4 is 0 Å². The Morgan fingerprint density at radius 1 is 1.26 bits per heavy atom. The van der Waals surface area contributed by atoms with Gasteiger partial charge in [-0.05, 0) is 49.4 Å². The first-order valence-electron chi connectivity index (χ1n) is 7.72. The first kappa shape index (κ1) is 14.2. The molecule has 3 aliphatic carbocycles. The van der Waals surface area contributed by atoms with Gasteiger partial charge >= 0.3 is 7.12 Å². The van der Waals surface area contributed by atoms with E-state index in [1.54, 1.807) is 0 Å². The summed E-state index contributed by atoms with van der Waals surface area (Å²) in [6, 6.07) is 0. The summed E-state index contributed by atoms with van der Waals surface area (Å²) in [5.74, 6) is 2.00. The number of hydrogen-bond donors (Lipinski definition) is 0. The van der Waals surface area contributed by atoms with Crippen LogP contribution in [0.1, 0.15) is 53.9 Å². The largest absolute Gasteiger partial charge is 0.476 e. The van der Waals surface area contributed by atoms with E-state index in [9.17, 15) is 0 Å². The van der Waals surface area contributed by atoms with Crippen molar-refractivity contribution in [3.05, 3.63) is 0 Å². The highest BCUT2D eigenvalue weighted by molar-refractivity contribution is 6.59. The summed E-state index contributed by atoms with van der Waals surface area (Å²) in [5, 5.41) is -0.0252. The van der Waals surface area contributed by atoms with Gasteiger partial charge in [-0.25, -0.2) is 0 Å². The summed E-state index contributed by atoms with van der Waals surface area (Å²) in [7, 11) is -0.214. The van der Waals surface area contributed by atoms with Crippen molar-refractivity contribution in [3.63, 3.8) is 0 Å². The van der Waals surface area contributed by atoms with Crippen molar-refractivity contribution in [2.45, 2.75) is 70.9 Å². The molecule has 2 bridgehead atoms. The van der Waals surface area contributed by atoms with Crippen molar-refractivity contribution in [2.24, 2.45) is 23.2 Å². The monoisotopic (exact) mass is 284 g/mol. The van der Waals surface area contributed by atoms with Crippen LogP contribution in [0.15, 0.2) is 0 Å². The van der Waals surface area contributed by atoms with E-state index in [0.717, 1.165) is 18.8 Å². The Morgan fingerprint density at radius 3 is 2.53 bits per heavy atom. The normalized spacial score (nSPS) is 45.0. The van der Waals surface area contributed by atoms with E-state index < -0.39 is 0 Å². The molecule has 0 amide bonds. The molecule has 4 rings (SSSR count). The topological polar surface area (TPSA) is 18.5 Å². The van der Waals surface area contributed by atoms with E-state index in [1.807, 2.05) is 0 Å². The first-order valence-corrected chi connectivity index (χ1v) is 8.16. The fraction of sp³-hybridized carbons (Fsp3) is 1.00. The summed E-state index contributed by atoms with van der Waals surface area (Å²) in [6.45, 7) is 11.4. The molecule has 0 radical (unpaired) electrons. The Hall–Kier alpha value is 0.275. The fourth-order valence-electron chi connectivity index (χ4n) is 4.61. The zero-order valence-corrected chi connectivity index (χ0v) is 13.5. The molecule has 2 nitrogen and oxygen atoms in total. The van der Waals surface area contributed by atoms with Crippen LogP contribution in [-0.2, 0) is 9.31 Å². The molecule has 4 fully saturated rings. The van der Waals surface area contributed by atoms with Gasteiger partial charge in [-0.3, -0.25) is 0 Å². The standard InChI is InChI=1S/C15H26BClO2/c1-9(2)6-13(17)16-18-12-8-10-7-11(14(10,3)4)15(12,5)19-16/h9-13H,6-8H2,1-5H3/t10?,11?,12?,13?,15-/m0/s1. The number of halogens is 1. The maximum Gasteiger partial charge on any atom is 0.476 e. The molecule has 1 aliphatic heterocycles. The van der Waals surface area contributed by atoms with E-state index in [-0.39, 0.29) is 24.1 Å². The molecular formula is C15H26BClO2. The van der Waals surface area contributed by atoms with Gasteiger partial charge in [0.25, 0.3) is 0 Å². The lowest BCUT2D eigenvalue weighted by molar-refractivity contribution is -0.199. The third-order valence-electron chi connectivity index (χ3n) is 5.96. The van der Waals surface area contributed by atoms with Gasteiger partial charge in [0, 0.05) is 0 Å². The van der Waals surface area contributed by atoms with Crippen LogP contribution in [0.2, 0.25) is 0 Å². The molecule has 0 aromatic heterocycles. The van der Waals surface area contributed by atoms with E-state index in [4.69, 9.17) is 20.9 Å². The predicted octanol–water partition coefficient (Wildman–Crippen LogP) is 3.91. The highest BCUT2D eigenvalue weighted by Crippen LogP contribution is 2.65. The molecule has 4 aliphatic rings. The Bertz CT molecular complexity index is 373. The quantitative estimate of drug-likeness (QED) is 0.578. The number of rotatable bonds is 3. The summed E-state index contributed by atoms with van der Waals surface area (Å²) in [4.78, 5) is 0. The van der Waals surface area contributed by atoms with Crippen LogP contribution in [-0.4, -0.2) is 24.1 Å². The Morgan fingerprint density at radius 2 is 1.95 bits per heavy atom. The van der Waals surface area contributed by atoms with Gasteiger partial charge in [-0.15, -0.1) is 11.6 Å². The van der Waals surface area contributed by atoms with E-state index >= 15 is 0 Å². The van der Waals surface area contributed by atoms with E-state index in [0.29, 0.717) is 17.3 Å². The Kier molecular flexibility index (Phi) is 3.28.